The van der Waals surface area contributed by atoms with Gasteiger partial charge in [-0.15, -0.1) is 0 Å². The molecule has 1 aliphatic heterocycles. The number of hydrogen-bond acceptors (Lipinski definition) is 3. The van der Waals surface area contributed by atoms with Crippen molar-refractivity contribution in [1.29, 1.82) is 0 Å². The molecule has 36 heavy (non-hydrogen) atoms. The molecule has 188 valence electrons. The molecule has 4 rings (SSSR count). The third-order valence-electron chi connectivity index (χ3n) is 6.66. The number of aryl methyl sites for hydroxylation is 1. The van der Waals surface area contributed by atoms with E-state index >= 15 is 0 Å². The SMILES string of the molecule is CCC(=O)N1CCc2ccc(O[C@H](CC)C(=O)NCc3cccc(F)c3)cc2[C@H]1c1ccc(C)cc1. The van der Waals surface area contributed by atoms with Gasteiger partial charge >= 0.3 is 0 Å². The molecule has 0 unspecified atom stereocenters. The smallest absolute Gasteiger partial charge is 0.261 e. The van der Waals surface area contributed by atoms with E-state index in [4.69, 9.17) is 4.74 Å². The van der Waals surface area contributed by atoms with Gasteiger partial charge in [0, 0.05) is 19.5 Å². The first-order valence-corrected chi connectivity index (χ1v) is 12.6. The van der Waals surface area contributed by atoms with Crippen molar-refractivity contribution in [2.24, 2.45) is 0 Å². The fourth-order valence-corrected chi connectivity index (χ4v) is 4.68. The molecule has 0 saturated heterocycles. The molecule has 1 aliphatic rings. The minimum atomic E-state index is -0.689. The van der Waals surface area contributed by atoms with Crippen molar-refractivity contribution < 1.29 is 18.7 Å². The predicted octanol–water partition coefficient (Wildman–Crippen LogP) is 5.49. The highest BCUT2D eigenvalue weighted by atomic mass is 19.1. The number of benzene rings is 3. The summed E-state index contributed by atoms with van der Waals surface area (Å²) >= 11 is 0. The Kier molecular flexibility index (Phi) is 8.04. The van der Waals surface area contributed by atoms with Crippen molar-refractivity contribution >= 4 is 11.8 Å². The van der Waals surface area contributed by atoms with Crippen LogP contribution in [-0.4, -0.2) is 29.4 Å². The summed E-state index contributed by atoms with van der Waals surface area (Å²) in [6.07, 6.45) is 1.01. The molecule has 3 aromatic rings. The number of halogens is 1. The van der Waals surface area contributed by atoms with Crippen molar-refractivity contribution in [3.8, 4) is 5.75 Å². The van der Waals surface area contributed by atoms with Crippen LogP contribution in [-0.2, 0) is 22.6 Å². The van der Waals surface area contributed by atoms with Gasteiger partial charge in [0.15, 0.2) is 6.10 Å². The first-order valence-electron chi connectivity index (χ1n) is 12.6. The van der Waals surface area contributed by atoms with Crippen LogP contribution in [0.3, 0.4) is 0 Å². The van der Waals surface area contributed by atoms with Crippen LogP contribution in [0.15, 0.2) is 66.7 Å². The Morgan fingerprint density at radius 1 is 1.08 bits per heavy atom. The van der Waals surface area contributed by atoms with Gasteiger partial charge in [-0.1, -0.05) is 61.9 Å². The molecule has 1 N–H and O–H groups in total. The molecule has 5 nitrogen and oxygen atoms in total. The zero-order valence-corrected chi connectivity index (χ0v) is 21.1. The van der Waals surface area contributed by atoms with Crippen molar-refractivity contribution in [3.63, 3.8) is 0 Å². The number of fused-ring (bicyclic) bond motifs is 1. The molecule has 2 atom stereocenters. The van der Waals surface area contributed by atoms with Gasteiger partial charge in [-0.2, -0.15) is 0 Å². The summed E-state index contributed by atoms with van der Waals surface area (Å²) in [4.78, 5) is 27.6. The van der Waals surface area contributed by atoms with Gasteiger partial charge in [-0.05, 0) is 66.3 Å². The highest BCUT2D eigenvalue weighted by Crippen LogP contribution is 2.37. The number of rotatable bonds is 8. The second-order valence-corrected chi connectivity index (χ2v) is 9.23. The molecule has 6 heteroatoms. The van der Waals surface area contributed by atoms with Crippen molar-refractivity contribution in [1.82, 2.24) is 10.2 Å². The molecule has 2 amide bonds. The number of nitrogens with zero attached hydrogens (tertiary/aromatic N) is 1. The van der Waals surface area contributed by atoms with Crippen LogP contribution in [0.4, 0.5) is 4.39 Å². The summed E-state index contributed by atoms with van der Waals surface area (Å²) in [7, 11) is 0. The number of ether oxygens (including phenoxy) is 1. The molecule has 0 saturated carbocycles. The van der Waals surface area contributed by atoms with Crippen LogP contribution in [0.2, 0.25) is 0 Å². The largest absolute Gasteiger partial charge is 0.481 e. The van der Waals surface area contributed by atoms with Gasteiger partial charge in [-0.25, -0.2) is 4.39 Å². The van der Waals surface area contributed by atoms with E-state index in [-0.39, 0.29) is 30.2 Å². The average Bonchev–Trinajstić information content (AvgIpc) is 2.89. The number of amides is 2. The maximum Gasteiger partial charge on any atom is 0.261 e. The van der Waals surface area contributed by atoms with Gasteiger partial charge < -0.3 is 15.0 Å². The third kappa shape index (κ3) is 5.76. The van der Waals surface area contributed by atoms with Gasteiger partial charge in [0.05, 0.1) is 6.04 Å². The van der Waals surface area contributed by atoms with E-state index in [1.165, 1.54) is 17.7 Å². The van der Waals surface area contributed by atoms with E-state index < -0.39 is 6.10 Å². The Morgan fingerprint density at radius 2 is 1.86 bits per heavy atom. The third-order valence-corrected chi connectivity index (χ3v) is 6.66. The lowest BCUT2D eigenvalue weighted by atomic mass is 9.87. The highest BCUT2D eigenvalue weighted by molar-refractivity contribution is 5.81. The summed E-state index contributed by atoms with van der Waals surface area (Å²) in [5, 5.41) is 2.85. The maximum absolute atomic E-state index is 13.5. The zero-order valence-electron chi connectivity index (χ0n) is 21.1. The maximum atomic E-state index is 13.5. The van der Waals surface area contributed by atoms with E-state index in [9.17, 15) is 14.0 Å². The number of nitrogens with one attached hydrogen (secondary N) is 1. The minimum absolute atomic E-state index is 0.112. The van der Waals surface area contributed by atoms with E-state index in [2.05, 4.69) is 29.6 Å². The zero-order chi connectivity index (χ0) is 25.7. The van der Waals surface area contributed by atoms with Crippen molar-refractivity contribution in [2.45, 2.75) is 58.7 Å². The normalized spacial score (nSPS) is 15.7. The number of hydrogen-bond donors (Lipinski definition) is 1. The number of carbonyl (C=O) groups excluding carboxylic acids is 2. The summed E-state index contributed by atoms with van der Waals surface area (Å²) in [6.45, 7) is 6.71. The highest BCUT2D eigenvalue weighted by Gasteiger charge is 2.32. The van der Waals surface area contributed by atoms with Gasteiger partial charge in [0.1, 0.15) is 11.6 Å². The summed E-state index contributed by atoms with van der Waals surface area (Å²) in [5.41, 5.74) is 5.11. The lowest BCUT2D eigenvalue weighted by molar-refractivity contribution is -0.133. The average molecular weight is 489 g/mol. The molecule has 0 radical (unpaired) electrons. The second-order valence-electron chi connectivity index (χ2n) is 9.23. The second kappa shape index (κ2) is 11.4. The Balaban J connectivity index is 1.56. The van der Waals surface area contributed by atoms with Gasteiger partial charge in [0.2, 0.25) is 5.91 Å². The Hall–Kier alpha value is -3.67. The lowest BCUT2D eigenvalue weighted by Crippen LogP contribution is -2.40. The molecular weight excluding hydrogens is 455 g/mol. The summed E-state index contributed by atoms with van der Waals surface area (Å²) < 4.78 is 19.6. The fourth-order valence-electron chi connectivity index (χ4n) is 4.68. The van der Waals surface area contributed by atoms with Crippen LogP contribution < -0.4 is 10.1 Å². The molecule has 0 spiro atoms. The molecular formula is C30H33FN2O3. The lowest BCUT2D eigenvalue weighted by Gasteiger charge is -2.38. The molecule has 0 aromatic heterocycles. The van der Waals surface area contributed by atoms with Crippen molar-refractivity contribution in [3.05, 3.63) is 100 Å². The number of carbonyl (C=O) groups is 2. The van der Waals surface area contributed by atoms with E-state index in [1.54, 1.807) is 12.1 Å². The standard InChI is InChI=1S/C30H33FN2O3/c1-4-27(30(35)32-19-21-7-6-8-24(31)17-21)36-25-14-13-22-15-16-33(28(34)5-2)29(26(22)18-25)23-11-9-20(3)10-12-23/h6-14,17-18,27,29H,4-5,15-16,19H2,1-3H3,(H,32,35)/t27-,29-/m1/s1. The first kappa shape index (κ1) is 25.4. The Bertz CT molecular complexity index is 1230. The summed E-state index contributed by atoms with van der Waals surface area (Å²) in [5.74, 6) is 0.111. The molecule has 3 aromatic carbocycles. The molecule has 1 heterocycles. The van der Waals surface area contributed by atoms with Gasteiger partial charge in [0.25, 0.3) is 5.91 Å². The quantitative estimate of drug-likeness (QED) is 0.456. The van der Waals surface area contributed by atoms with Crippen LogP contribution >= 0.6 is 0 Å². The van der Waals surface area contributed by atoms with Crippen molar-refractivity contribution in [2.75, 3.05) is 6.54 Å². The van der Waals surface area contributed by atoms with E-state index in [0.717, 1.165) is 23.1 Å². The summed E-state index contributed by atoms with van der Waals surface area (Å²) in [6, 6.07) is 20.1. The molecule has 0 aliphatic carbocycles. The Labute approximate surface area is 212 Å². The predicted molar refractivity (Wildman–Crippen MR) is 138 cm³/mol. The van der Waals surface area contributed by atoms with E-state index in [1.807, 2.05) is 43.9 Å². The van der Waals surface area contributed by atoms with Crippen LogP contribution in [0.1, 0.15) is 60.5 Å². The fraction of sp³-hybridized carbons (Fsp3) is 0.333. The Morgan fingerprint density at radius 3 is 2.56 bits per heavy atom. The minimum Gasteiger partial charge on any atom is -0.481 e. The monoisotopic (exact) mass is 488 g/mol. The molecule has 0 fully saturated rings. The van der Waals surface area contributed by atoms with E-state index in [0.29, 0.717) is 30.7 Å². The van der Waals surface area contributed by atoms with Crippen LogP contribution in [0.25, 0.3) is 0 Å². The molecule has 0 bridgehead atoms. The van der Waals surface area contributed by atoms with Crippen LogP contribution in [0, 0.1) is 12.7 Å². The van der Waals surface area contributed by atoms with Crippen LogP contribution in [0.5, 0.6) is 5.75 Å². The van der Waals surface area contributed by atoms with Gasteiger partial charge in [-0.3, -0.25) is 9.59 Å². The first-order chi connectivity index (χ1) is 17.4. The topological polar surface area (TPSA) is 58.6 Å².